The summed E-state index contributed by atoms with van der Waals surface area (Å²) < 4.78 is 0. The van der Waals surface area contributed by atoms with E-state index in [1.54, 1.807) is 0 Å². The summed E-state index contributed by atoms with van der Waals surface area (Å²) in [7, 11) is 0. The number of hydrogen-bond donors (Lipinski definition) is 2. The Labute approximate surface area is 98.2 Å². The molecule has 5 nitrogen and oxygen atoms in total. The first-order valence-corrected chi connectivity index (χ1v) is 0.200. The molecule has 1 radical (unpaired) electrons. The second-order valence-electron chi connectivity index (χ2n) is 0. The number of hydrogen-bond acceptors (Lipinski definition) is 5. The average Bonchev–Trinajstić information content (AvgIpc) is 1.00. The van der Waals surface area contributed by atoms with Crippen molar-refractivity contribution in [3.63, 3.8) is 0 Å². The van der Waals surface area contributed by atoms with Gasteiger partial charge in [0.05, 0.1) is 0 Å². The quantitative estimate of drug-likeness (QED) is 0.262. The maximum atomic E-state index is 6.00. The van der Waals surface area contributed by atoms with E-state index in [0.717, 1.165) is 0 Å². The first-order valence-electron chi connectivity index (χ1n) is 0.200. The topological polar surface area (TPSA) is 130 Å². The van der Waals surface area contributed by atoms with Crippen LogP contribution in [0.25, 0.3) is 0 Å². The maximum Gasteiger partial charge on any atom is 1.00 e. The molecule has 0 rings (SSSR count). The van der Waals surface area contributed by atoms with Gasteiger partial charge in [0.2, 0.25) is 0 Å². The molecular weight excluding hydrogens is 496 g/mol. The molecule has 0 aromatic heterocycles. The Balaban J connectivity index is -0.000000000333. The normalized spacial score (nSPS) is 0.750. The third-order valence-electron chi connectivity index (χ3n) is 0. The minimum Gasteiger partial charge on any atom is -0.870 e. The second-order valence-corrected chi connectivity index (χ2v) is 0. The molecule has 0 heterocycles. The van der Waals surface area contributed by atoms with Gasteiger partial charge in [-0.15, -0.1) is 0 Å². The van der Waals surface area contributed by atoms with E-state index >= 15 is 0 Å². The van der Waals surface area contributed by atoms with Crippen LogP contribution in [0.5, 0.6) is 0 Å². The zero-order valence-corrected chi connectivity index (χ0v) is 12.0. The van der Waals surface area contributed by atoms with Crippen LogP contribution in [0.2, 0.25) is 0 Å². The summed E-state index contributed by atoms with van der Waals surface area (Å²) in [6, 6.07) is 0. The van der Waals surface area contributed by atoms with Gasteiger partial charge in [0.25, 0.3) is 0 Å². The van der Waals surface area contributed by atoms with E-state index in [-0.39, 0.29) is 88.9 Å². The fourth-order valence-electron chi connectivity index (χ4n) is 0. The molecule has 0 aliphatic carbocycles. The molecular formula is H5Ag2HgO5. The van der Waals surface area contributed by atoms with Crippen LogP contribution in [-0.2, 0) is 72.4 Å². The van der Waals surface area contributed by atoms with Gasteiger partial charge >= 0.3 is 72.4 Å². The van der Waals surface area contributed by atoms with Crippen molar-refractivity contribution in [3.8, 4) is 0 Å². The molecule has 0 aliphatic heterocycles. The van der Waals surface area contributed by atoms with E-state index < -0.39 is 0 Å². The zero-order valence-electron chi connectivity index (χ0n) is 3.55. The van der Waals surface area contributed by atoms with Crippen molar-refractivity contribution in [3.05, 3.63) is 0 Å². The molecule has 5 N–H and O–H groups in total. The van der Waals surface area contributed by atoms with Crippen LogP contribution in [0.15, 0.2) is 0 Å². The summed E-state index contributed by atoms with van der Waals surface area (Å²) in [5.41, 5.74) is 0. The van der Waals surface area contributed by atoms with Crippen molar-refractivity contribution in [2.45, 2.75) is 0 Å². The Kier molecular flexibility index (Phi) is 1330. The van der Waals surface area contributed by atoms with Crippen molar-refractivity contribution in [2.24, 2.45) is 0 Å². The largest absolute Gasteiger partial charge is 1.00 e. The van der Waals surface area contributed by atoms with Crippen molar-refractivity contribution >= 4 is 0 Å². The molecule has 0 amide bonds. The van der Waals surface area contributed by atoms with Gasteiger partial charge < -0.3 is 16.4 Å². The first kappa shape index (κ1) is 83.9. The van der Waals surface area contributed by atoms with E-state index in [1.807, 2.05) is 0 Å². The molecule has 0 aliphatic rings. The fourth-order valence-corrected chi connectivity index (χ4v) is 0. The van der Waals surface area contributed by atoms with Gasteiger partial charge in [0.1, 0.15) is 0 Å². The Morgan fingerprint density at radius 2 is 0.625 bits per heavy atom. The first-order chi connectivity index (χ1) is 1.00. The SMILES string of the molecule is OO.[Ag+].[Ag+].[Hg+].[OH-].[OH-].[OH-]. The average molecular weight is 501 g/mol. The third-order valence-corrected chi connectivity index (χ3v) is 0. The molecule has 0 unspecified atom stereocenters. The molecule has 0 spiro atoms. The van der Waals surface area contributed by atoms with Crippen LogP contribution in [0.4, 0.5) is 0 Å². The molecule has 0 aromatic carbocycles. The van der Waals surface area contributed by atoms with Crippen LogP contribution in [-0.4, -0.2) is 26.9 Å². The molecule has 0 fully saturated rings. The van der Waals surface area contributed by atoms with Gasteiger partial charge in [-0.05, 0) is 0 Å². The Bertz CT molecular complexity index is 10.4. The summed E-state index contributed by atoms with van der Waals surface area (Å²) in [5, 5.41) is 12.0. The monoisotopic (exact) mass is 501 g/mol. The van der Waals surface area contributed by atoms with E-state index in [1.165, 1.54) is 0 Å². The van der Waals surface area contributed by atoms with Crippen LogP contribution >= 0.6 is 0 Å². The van der Waals surface area contributed by atoms with Gasteiger partial charge in [-0.1, -0.05) is 0 Å². The van der Waals surface area contributed by atoms with Crippen LogP contribution in [0, 0.1) is 0 Å². The molecule has 8 heavy (non-hydrogen) atoms. The molecule has 8 heteroatoms. The summed E-state index contributed by atoms with van der Waals surface area (Å²) in [5.74, 6) is 0. The van der Waals surface area contributed by atoms with Gasteiger partial charge in [-0.2, -0.15) is 0 Å². The van der Waals surface area contributed by atoms with Crippen LogP contribution < -0.4 is 0 Å². The Hall–Kier alpha value is 2.22. The Morgan fingerprint density at radius 1 is 0.625 bits per heavy atom. The minimum absolute atomic E-state index is 0. The van der Waals surface area contributed by atoms with E-state index in [0.29, 0.717) is 0 Å². The minimum atomic E-state index is 0. The predicted molar refractivity (Wildman–Crippen MR) is 11.1 cm³/mol. The van der Waals surface area contributed by atoms with Crippen molar-refractivity contribution in [1.29, 1.82) is 0 Å². The summed E-state index contributed by atoms with van der Waals surface area (Å²) in [6.45, 7) is 0. The maximum absolute atomic E-state index is 6.00. The fraction of sp³-hybridized carbons (Fsp3) is 0. The van der Waals surface area contributed by atoms with Crippen LogP contribution in [0.1, 0.15) is 0 Å². The molecule has 0 aromatic rings. The molecule has 59 valence electrons. The zero-order chi connectivity index (χ0) is 2.00. The van der Waals surface area contributed by atoms with Gasteiger partial charge in [-0.25, -0.2) is 0 Å². The van der Waals surface area contributed by atoms with Gasteiger partial charge in [0.15, 0.2) is 0 Å². The second kappa shape index (κ2) is 127. The van der Waals surface area contributed by atoms with Crippen LogP contribution in [0.3, 0.4) is 0 Å². The number of rotatable bonds is 0. The van der Waals surface area contributed by atoms with E-state index in [2.05, 4.69) is 0 Å². The van der Waals surface area contributed by atoms with E-state index in [9.17, 15) is 0 Å². The summed E-state index contributed by atoms with van der Waals surface area (Å²) in [4.78, 5) is 0. The molecule has 0 atom stereocenters. The smallest absolute Gasteiger partial charge is 0.870 e. The van der Waals surface area contributed by atoms with Crippen molar-refractivity contribution < 1.29 is 99.4 Å². The van der Waals surface area contributed by atoms with Crippen molar-refractivity contribution in [1.82, 2.24) is 0 Å². The molecule has 0 saturated carbocycles. The summed E-state index contributed by atoms with van der Waals surface area (Å²) >= 11 is 0. The van der Waals surface area contributed by atoms with Crippen molar-refractivity contribution in [2.75, 3.05) is 0 Å². The molecule has 0 bridgehead atoms. The third kappa shape index (κ3) is 87.1. The standard InChI is InChI=1S/2Ag.Hg.H2O2.3H2O/c;;;1-2;;;/h;;;1-2H;3*1H2/q3*+1;;;;/p-3. The summed E-state index contributed by atoms with van der Waals surface area (Å²) in [6.07, 6.45) is 0. The Morgan fingerprint density at radius 3 is 0.625 bits per heavy atom. The molecule has 0 saturated heterocycles. The van der Waals surface area contributed by atoms with Gasteiger partial charge in [0, 0.05) is 0 Å². The van der Waals surface area contributed by atoms with Gasteiger partial charge in [-0.3, -0.25) is 10.5 Å². The predicted octanol–water partition coefficient (Wildman–Crippen LogP) is -0.520. The van der Waals surface area contributed by atoms with E-state index in [4.69, 9.17) is 10.5 Å².